The van der Waals surface area contributed by atoms with Gasteiger partial charge in [0.15, 0.2) is 0 Å². The van der Waals surface area contributed by atoms with Crippen LogP contribution in [0.25, 0.3) is 39.2 Å². The summed E-state index contributed by atoms with van der Waals surface area (Å²) >= 11 is 0. The Morgan fingerprint density at radius 1 is 0.811 bits per heavy atom. The van der Waals surface area contributed by atoms with Crippen molar-refractivity contribution in [2.24, 2.45) is 0 Å². The second kappa shape index (κ2) is 9.35. The fourth-order valence-electron chi connectivity index (χ4n) is 5.98. The van der Waals surface area contributed by atoms with Crippen molar-refractivity contribution < 1.29 is 20.1 Å². The molecular weight excluding hydrogens is 631 g/mol. The van der Waals surface area contributed by atoms with Crippen LogP contribution in [0, 0.1) is 6.07 Å². The molecule has 1 radical (unpaired) electrons. The topological polar surface area (TPSA) is 30.7 Å². The zero-order valence-corrected chi connectivity index (χ0v) is 24.7. The molecule has 0 saturated carbocycles. The molecule has 4 heteroatoms. The third kappa shape index (κ3) is 3.81. The summed E-state index contributed by atoms with van der Waals surface area (Å²) in [4.78, 5) is 10.1. The van der Waals surface area contributed by atoms with Crippen LogP contribution in [-0.2, 0) is 25.5 Å². The molecule has 0 N–H and O–H groups in total. The van der Waals surface area contributed by atoms with Gasteiger partial charge in [0.05, 0.1) is 16.9 Å². The van der Waals surface area contributed by atoms with Crippen LogP contribution in [0.4, 0.5) is 0 Å². The van der Waals surface area contributed by atoms with Crippen LogP contribution in [0.2, 0.25) is 0 Å². The molecule has 0 atom stereocenters. The maximum absolute atomic E-state index is 5.28. The van der Waals surface area contributed by atoms with Gasteiger partial charge < -0.3 is 4.57 Å². The Balaban J connectivity index is 0.00000280. The van der Waals surface area contributed by atoms with Crippen LogP contribution in [0.3, 0.4) is 0 Å². The van der Waals surface area contributed by atoms with Gasteiger partial charge in [-0.2, -0.15) is 0 Å². The second-order valence-electron chi connectivity index (χ2n) is 11.0. The van der Waals surface area contributed by atoms with Crippen LogP contribution in [0.5, 0.6) is 0 Å². The van der Waals surface area contributed by atoms with E-state index < -0.39 is 0 Å². The van der Waals surface area contributed by atoms with E-state index in [0.29, 0.717) is 11.8 Å². The molecule has 0 aliphatic heterocycles. The number of benzene rings is 3. The first kappa shape index (κ1) is 25.6. The number of hydrogen-bond acceptors (Lipinski definition) is 2. The Labute approximate surface area is 233 Å². The molecule has 6 rings (SSSR count). The number of hydrogen-bond donors (Lipinski definition) is 0. The molecule has 0 bridgehead atoms. The number of imidazole rings is 1. The van der Waals surface area contributed by atoms with Gasteiger partial charge in [0.25, 0.3) is 0 Å². The third-order valence-corrected chi connectivity index (χ3v) is 7.66. The van der Waals surface area contributed by atoms with Gasteiger partial charge in [0.1, 0.15) is 0 Å². The van der Waals surface area contributed by atoms with Crippen molar-refractivity contribution in [2.45, 2.75) is 58.8 Å². The molecule has 0 spiro atoms. The first-order chi connectivity index (χ1) is 17.3. The number of fused-ring (bicyclic) bond motifs is 4. The van der Waals surface area contributed by atoms with E-state index in [1.54, 1.807) is 0 Å². The largest absolute Gasteiger partial charge is 0.333 e. The van der Waals surface area contributed by atoms with E-state index in [2.05, 4.69) is 107 Å². The molecule has 1 aliphatic carbocycles. The molecule has 2 aromatic heterocycles. The molecule has 0 saturated heterocycles. The molecule has 2 heterocycles. The Morgan fingerprint density at radius 2 is 1.51 bits per heavy atom. The minimum atomic E-state index is -0.250. The number of aromatic nitrogens is 3. The molecule has 0 amide bonds. The van der Waals surface area contributed by atoms with Crippen LogP contribution in [0.15, 0.2) is 72.9 Å². The van der Waals surface area contributed by atoms with Gasteiger partial charge in [-0.3, -0.25) is 9.97 Å². The Morgan fingerprint density at radius 3 is 2.22 bits per heavy atom. The fraction of sp³-hybridized carbons (Fsp3) is 0.273. The van der Waals surface area contributed by atoms with Crippen molar-refractivity contribution >= 4 is 11.0 Å². The van der Waals surface area contributed by atoms with E-state index in [4.69, 9.17) is 9.97 Å². The zero-order valence-electron chi connectivity index (χ0n) is 22.3. The van der Waals surface area contributed by atoms with Crippen molar-refractivity contribution in [1.29, 1.82) is 0 Å². The first-order valence-corrected chi connectivity index (χ1v) is 12.9. The van der Waals surface area contributed by atoms with Crippen molar-refractivity contribution in [2.75, 3.05) is 0 Å². The summed E-state index contributed by atoms with van der Waals surface area (Å²) in [6, 6.07) is 27.3. The van der Waals surface area contributed by atoms with Gasteiger partial charge in [-0.1, -0.05) is 83.5 Å². The third-order valence-electron chi connectivity index (χ3n) is 7.66. The summed E-state index contributed by atoms with van der Waals surface area (Å²) in [7, 11) is 0. The monoisotopic (exact) mass is 663 g/mol. The van der Waals surface area contributed by atoms with Crippen molar-refractivity contribution in [3.05, 3.63) is 101 Å². The van der Waals surface area contributed by atoms with Gasteiger partial charge in [0.2, 0.25) is 0 Å². The number of nitrogens with zero attached hydrogens (tertiary/aromatic N) is 3. The van der Waals surface area contributed by atoms with Gasteiger partial charge in [-0.25, -0.2) is 0 Å². The summed E-state index contributed by atoms with van der Waals surface area (Å²) in [5.41, 5.74) is 11.7. The number of para-hydroxylation sites is 3. The maximum atomic E-state index is 5.28. The normalized spacial score (nSPS) is 13.6. The van der Waals surface area contributed by atoms with E-state index >= 15 is 0 Å². The Hall–Kier alpha value is -3.07. The van der Waals surface area contributed by atoms with Crippen molar-refractivity contribution in [3.63, 3.8) is 0 Å². The number of rotatable bonds is 4. The molecule has 37 heavy (non-hydrogen) atoms. The summed E-state index contributed by atoms with van der Waals surface area (Å²) < 4.78 is 2.40. The summed E-state index contributed by atoms with van der Waals surface area (Å²) in [5, 5.41) is 0. The Bertz CT molecular complexity index is 1600. The molecular formula is C33H32IrN3-. The zero-order chi connectivity index (χ0) is 25.2. The SMILES string of the molecule is CC(C)c1cccc(C(C)C)c1-n1c(-c2[c-]ccc3c2C(C)(C)c2ncccc2-3)nc2ccccc21.[Ir]. The molecule has 189 valence electrons. The maximum Gasteiger partial charge on any atom is 0.0774 e. The van der Waals surface area contributed by atoms with Gasteiger partial charge >= 0.3 is 0 Å². The van der Waals surface area contributed by atoms with Gasteiger partial charge in [0, 0.05) is 37.7 Å². The molecule has 3 nitrogen and oxygen atoms in total. The van der Waals surface area contributed by atoms with Gasteiger partial charge in [-0.05, 0) is 52.1 Å². The predicted molar refractivity (Wildman–Crippen MR) is 149 cm³/mol. The van der Waals surface area contributed by atoms with Crippen LogP contribution in [0.1, 0.15) is 75.8 Å². The average Bonchev–Trinajstić information content (AvgIpc) is 3.37. The quantitative estimate of drug-likeness (QED) is 0.181. The molecule has 0 unspecified atom stereocenters. The summed E-state index contributed by atoms with van der Waals surface area (Å²) in [6.07, 6.45) is 1.90. The second-order valence-corrected chi connectivity index (χ2v) is 11.0. The standard InChI is InChI=1S/C33H32N3.Ir/c1-20(2)22-12-9-13-23(21(3)4)30(22)36-28-18-8-7-17-27(28)35-32(36)26-15-10-14-24-25-16-11-19-34-31(25)33(5,6)29(24)26;/h7-14,16-21H,1-6H3;/q-1;. The van der Waals surface area contributed by atoms with Gasteiger partial charge in [-0.15, -0.1) is 29.3 Å². The van der Waals surface area contributed by atoms with E-state index in [-0.39, 0.29) is 25.5 Å². The first-order valence-electron chi connectivity index (χ1n) is 12.9. The molecule has 3 aromatic carbocycles. The predicted octanol–water partition coefficient (Wildman–Crippen LogP) is 8.44. The summed E-state index contributed by atoms with van der Waals surface area (Å²) in [6.45, 7) is 13.7. The van der Waals surface area contributed by atoms with E-state index in [0.717, 1.165) is 28.1 Å². The minimum absolute atomic E-state index is 0. The fourth-order valence-corrected chi connectivity index (χ4v) is 5.98. The molecule has 5 aromatic rings. The van der Waals surface area contributed by atoms with Crippen molar-refractivity contribution in [1.82, 2.24) is 14.5 Å². The Kier molecular flexibility index (Phi) is 6.46. The number of pyridine rings is 1. The van der Waals surface area contributed by atoms with E-state index in [9.17, 15) is 0 Å². The van der Waals surface area contributed by atoms with E-state index in [1.165, 1.54) is 33.5 Å². The van der Waals surface area contributed by atoms with E-state index in [1.807, 2.05) is 18.3 Å². The molecule has 1 aliphatic rings. The molecule has 0 fully saturated rings. The summed E-state index contributed by atoms with van der Waals surface area (Å²) in [5.74, 6) is 1.70. The minimum Gasteiger partial charge on any atom is -0.333 e. The smallest absolute Gasteiger partial charge is 0.0774 e. The van der Waals surface area contributed by atoms with Crippen molar-refractivity contribution in [3.8, 4) is 28.2 Å². The van der Waals surface area contributed by atoms with Crippen LogP contribution in [-0.4, -0.2) is 14.5 Å². The van der Waals surface area contributed by atoms with Crippen LogP contribution >= 0.6 is 0 Å². The van der Waals surface area contributed by atoms with Crippen LogP contribution < -0.4 is 0 Å². The average molecular weight is 663 g/mol.